The van der Waals surface area contributed by atoms with Gasteiger partial charge in [-0.25, -0.2) is 0 Å². The van der Waals surface area contributed by atoms with E-state index in [1.165, 1.54) is 23.0 Å². The first kappa shape index (κ1) is 20.8. The van der Waals surface area contributed by atoms with Crippen molar-refractivity contribution in [2.24, 2.45) is 4.99 Å². The summed E-state index contributed by atoms with van der Waals surface area (Å²) in [6, 6.07) is 11.7. The number of methoxy groups -OCH3 is 3. The Balaban J connectivity index is 1.92. The van der Waals surface area contributed by atoms with Crippen molar-refractivity contribution in [1.82, 2.24) is 4.57 Å². The SMILES string of the molecule is COCCn1c(=NC(=O)C=Cc2ccc(OC)c(OC)c2)sc2cc(C)ccc21. The molecule has 29 heavy (non-hydrogen) atoms. The molecule has 1 amide bonds. The second-order valence-electron chi connectivity index (χ2n) is 6.40. The second-order valence-corrected chi connectivity index (χ2v) is 7.41. The fraction of sp³-hybridized carbons (Fsp3) is 0.273. The summed E-state index contributed by atoms with van der Waals surface area (Å²) < 4.78 is 18.9. The number of rotatable bonds is 7. The van der Waals surface area contributed by atoms with Crippen molar-refractivity contribution in [2.45, 2.75) is 13.5 Å². The van der Waals surface area contributed by atoms with Crippen molar-refractivity contribution in [1.29, 1.82) is 0 Å². The van der Waals surface area contributed by atoms with Gasteiger partial charge < -0.3 is 18.8 Å². The van der Waals surface area contributed by atoms with E-state index in [2.05, 4.69) is 23.2 Å². The topological polar surface area (TPSA) is 62.1 Å². The number of amides is 1. The van der Waals surface area contributed by atoms with Gasteiger partial charge in [-0.15, -0.1) is 0 Å². The van der Waals surface area contributed by atoms with Gasteiger partial charge in [0.05, 0.1) is 31.0 Å². The molecule has 0 radical (unpaired) electrons. The third-order valence-electron chi connectivity index (χ3n) is 4.39. The molecule has 152 valence electrons. The summed E-state index contributed by atoms with van der Waals surface area (Å²) in [6.45, 7) is 3.22. The Kier molecular flexibility index (Phi) is 6.85. The van der Waals surface area contributed by atoms with E-state index in [4.69, 9.17) is 14.2 Å². The predicted octanol–water partition coefficient (Wildman–Crippen LogP) is 3.82. The van der Waals surface area contributed by atoms with E-state index in [-0.39, 0.29) is 5.91 Å². The Morgan fingerprint density at radius 3 is 2.62 bits per heavy atom. The molecule has 3 rings (SSSR count). The molecule has 0 fully saturated rings. The Bertz CT molecular complexity index is 1110. The van der Waals surface area contributed by atoms with Gasteiger partial charge in [-0.05, 0) is 48.4 Å². The van der Waals surface area contributed by atoms with Gasteiger partial charge in [-0.3, -0.25) is 4.79 Å². The molecule has 0 atom stereocenters. The van der Waals surface area contributed by atoms with Crippen molar-refractivity contribution < 1.29 is 19.0 Å². The van der Waals surface area contributed by atoms with E-state index in [1.54, 1.807) is 33.5 Å². The number of aromatic nitrogens is 1. The lowest BCUT2D eigenvalue weighted by molar-refractivity contribution is -0.113. The van der Waals surface area contributed by atoms with E-state index >= 15 is 0 Å². The van der Waals surface area contributed by atoms with Gasteiger partial charge >= 0.3 is 0 Å². The van der Waals surface area contributed by atoms with Crippen molar-refractivity contribution in [3.05, 3.63) is 58.4 Å². The van der Waals surface area contributed by atoms with Crippen molar-refractivity contribution in [2.75, 3.05) is 27.9 Å². The third-order valence-corrected chi connectivity index (χ3v) is 5.43. The first-order valence-corrected chi connectivity index (χ1v) is 9.95. The number of aryl methyl sites for hydroxylation is 1. The molecular weight excluding hydrogens is 388 g/mol. The molecule has 0 aliphatic heterocycles. The fourth-order valence-corrected chi connectivity index (χ4v) is 4.08. The van der Waals surface area contributed by atoms with Gasteiger partial charge in [0, 0.05) is 19.7 Å². The molecule has 0 saturated heterocycles. The monoisotopic (exact) mass is 412 g/mol. The molecule has 6 nitrogen and oxygen atoms in total. The van der Waals surface area contributed by atoms with E-state index in [9.17, 15) is 4.79 Å². The molecule has 7 heteroatoms. The maximum absolute atomic E-state index is 12.5. The summed E-state index contributed by atoms with van der Waals surface area (Å²) in [6.07, 6.45) is 3.17. The van der Waals surface area contributed by atoms with Gasteiger partial charge in [-0.1, -0.05) is 23.5 Å². The molecule has 0 aliphatic carbocycles. The van der Waals surface area contributed by atoms with Crippen LogP contribution in [-0.4, -0.2) is 38.4 Å². The van der Waals surface area contributed by atoms with Crippen molar-refractivity contribution >= 4 is 33.5 Å². The average Bonchev–Trinajstić information content (AvgIpc) is 3.06. The smallest absolute Gasteiger partial charge is 0.272 e. The number of hydrogen-bond donors (Lipinski definition) is 0. The minimum absolute atomic E-state index is 0.325. The van der Waals surface area contributed by atoms with Crippen LogP contribution in [0.15, 0.2) is 47.5 Å². The highest BCUT2D eigenvalue weighted by molar-refractivity contribution is 7.16. The lowest BCUT2D eigenvalue weighted by Gasteiger charge is -2.07. The number of hydrogen-bond acceptors (Lipinski definition) is 5. The summed E-state index contributed by atoms with van der Waals surface area (Å²) >= 11 is 1.50. The molecule has 0 N–H and O–H groups in total. The first-order valence-electron chi connectivity index (χ1n) is 9.13. The van der Waals surface area contributed by atoms with Crippen LogP contribution in [0.25, 0.3) is 16.3 Å². The molecule has 0 bridgehead atoms. The normalized spacial score (nSPS) is 12.1. The van der Waals surface area contributed by atoms with Crippen molar-refractivity contribution in [3.63, 3.8) is 0 Å². The Hall–Kier alpha value is -2.90. The molecule has 0 aliphatic rings. The van der Waals surface area contributed by atoms with Crippen LogP contribution < -0.4 is 14.3 Å². The van der Waals surface area contributed by atoms with E-state index in [0.29, 0.717) is 29.5 Å². The summed E-state index contributed by atoms with van der Waals surface area (Å²) in [5.41, 5.74) is 3.04. The lowest BCUT2D eigenvalue weighted by Crippen LogP contribution is -2.18. The molecule has 1 heterocycles. The largest absolute Gasteiger partial charge is 0.493 e. The molecule has 0 spiro atoms. The van der Waals surface area contributed by atoms with Gasteiger partial charge in [0.2, 0.25) is 0 Å². The first-order chi connectivity index (χ1) is 14.0. The standard InChI is InChI=1S/C22H24N2O4S/c1-15-5-8-17-20(13-15)29-22(24(17)11-12-26-2)23-21(25)10-7-16-6-9-18(27-3)19(14-16)28-4/h5-10,13-14H,11-12H2,1-4H3. The summed E-state index contributed by atoms with van der Waals surface area (Å²) in [5.74, 6) is 0.922. The number of fused-ring (bicyclic) bond motifs is 1. The lowest BCUT2D eigenvalue weighted by atomic mass is 10.2. The second kappa shape index (κ2) is 9.54. The van der Waals surface area contributed by atoms with Crippen LogP contribution in [0.3, 0.4) is 0 Å². The zero-order chi connectivity index (χ0) is 20.8. The summed E-state index contributed by atoms with van der Waals surface area (Å²) in [5, 5.41) is 0. The molecule has 1 aromatic heterocycles. The number of ether oxygens (including phenoxy) is 3. The molecule has 0 saturated carbocycles. The number of carbonyl (C=O) groups excluding carboxylic acids is 1. The average molecular weight is 413 g/mol. The highest BCUT2D eigenvalue weighted by Crippen LogP contribution is 2.28. The summed E-state index contributed by atoms with van der Waals surface area (Å²) in [7, 11) is 4.82. The van der Waals surface area contributed by atoms with E-state index < -0.39 is 0 Å². The van der Waals surface area contributed by atoms with Gasteiger partial charge in [0.1, 0.15) is 0 Å². The molecular formula is C22H24N2O4S. The highest BCUT2D eigenvalue weighted by atomic mass is 32.1. The minimum Gasteiger partial charge on any atom is -0.493 e. The Labute approximate surface area is 173 Å². The number of thiazole rings is 1. The quantitative estimate of drug-likeness (QED) is 0.554. The van der Waals surface area contributed by atoms with Crippen LogP contribution in [-0.2, 0) is 16.1 Å². The Morgan fingerprint density at radius 1 is 1.10 bits per heavy atom. The van der Waals surface area contributed by atoms with E-state index in [1.807, 2.05) is 23.6 Å². The van der Waals surface area contributed by atoms with E-state index in [0.717, 1.165) is 15.8 Å². The van der Waals surface area contributed by atoms with Crippen LogP contribution >= 0.6 is 11.3 Å². The highest BCUT2D eigenvalue weighted by Gasteiger charge is 2.08. The number of nitrogens with zero attached hydrogens (tertiary/aromatic N) is 2. The van der Waals surface area contributed by atoms with Crippen LogP contribution in [0, 0.1) is 6.92 Å². The Morgan fingerprint density at radius 2 is 1.90 bits per heavy atom. The number of benzene rings is 2. The third kappa shape index (κ3) is 4.93. The van der Waals surface area contributed by atoms with Crippen LogP contribution in [0.1, 0.15) is 11.1 Å². The summed E-state index contributed by atoms with van der Waals surface area (Å²) in [4.78, 5) is 17.5. The maximum atomic E-state index is 12.5. The molecule has 2 aromatic carbocycles. The fourth-order valence-electron chi connectivity index (χ4n) is 2.92. The maximum Gasteiger partial charge on any atom is 0.272 e. The zero-order valence-electron chi connectivity index (χ0n) is 17.0. The zero-order valence-corrected chi connectivity index (χ0v) is 17.8. The van der Waals surface area contributed by atoms with Gasteiger partial charge in [-0.2, -0.15) is 4.99 Å². The van der Waals surface area contributed by atoms with Crippen LogP contribution in [0.2, 0.25) is 0 Å². The van der Waals surface area contributed by atoms with Crippen molar-refractivity contribution in [3.8, 4) is 11.5 Å². The molecule has 3 aromatic rings. The number of carbonyl (C=O) groups is 1. The van der Waals surface area contributed by atoms with Gasteiger partial charge in [0.25, 0.3) is 5.91 Å². The van der Waals surface area contributed by atoms with Gasteiger partial charge in [0.15, 0.2) is 16.3 Å². The van der Waals surface area contributed by atoms with Crippen LogP contribution in [0.5, 0.6) is 11.5 Å². The molecule has 0 unspecified atom stereocenters. The minimum atomic E-state index is -0.325. The predicted molar refractivity (Wildman–Crippen MR) is 116 cm³/mol. The van der Waals surface area contributed by atoms with Crippen LogP contribution in [0.4, 0.5) is 0 Å².